The van der Waals surface area contributed by atoms with Gasteiger partial charge < -0.3 is 4.74 Å². The summed E-state index contributed by atoms with van der Waals surface area (Å²) < 4.78 is 8.10. The van der Waals surface area contributed by atoms with Crippen LogP contribution in [0.2, 0.25) is 0 Å². The maximum atomic E-state index is 5.61. The number of halogens is 1. The van der Waals surface area contributed by atoms with Crippen LogP contribution < -0.4 is 4.74 Å². The van der Waals surface area contributed by atoms with Gasteiger partial charge in [0.05, 0.1) is 5.69 Å². The molecule has 0 fully saturated rings. The predicted molar refractivity (Wildman–Crippen MR) is 60.4 cm³/mol. The van der Waals surface area contributed by atoms with E-state index in [1.54, 1.807) is 4.68 Å². The van der Waals surface area contributed by atoms with E-state index in [-0.39, 0.29) is 0 Å². The van der Waals surface area contributed by atoms with Crippen molar-refractivity contribution < 1.29 is 4.74 Å². The quantitative estimate of drug-likeness (QED) is 0.852. The molecule has 0 radical (unpaired) electrons. The first-order chi connectivity index (χ1) is 7.08. The summed E-state index contributed by atoms with van der Waals surface area (Å²) in [5.74, 6) is 0.751. The molecule has 2 aromatic rings. The highest BCUT2D eigenvalue weighted by Gasteiger charge is 2.13. The summed E-state index contributed by atoms with van der Waals surface area (Å²) >= 11 is 4.58. The van der Waals surface area contributed by atoms with Gasteiger partial charge in [-0.1, -0.05) is 5.10 Å². The lowest BCUT2D eigenvalue weighted by atomic mass is 10.3. The Bertz CT molecular complexity index is 493. The molecule has 0 aliphatic heterocycles. The van der Waals surface area contributed by atoms with Gasteiger partial charge in [-0.15, -0.1) is 5.10 Å². The van der Waals surface area contributed by atoms with Crippen molar-refractivity contribution in [2.45, 2.75) is 13.8 Å². The van der Waals surface area contributed by atoms with Crippen molar-refractivity contribution in [1.29, 1.82) is 0 Å². The number of hydrogen-bond acceptors (Lipinski definition) is 5. The Morgan fingerprint density at radius 1 is 1.33 bits per heavy atom. The molecule has 0 amide bonds. The van der Waals surface area contributed by atoms with Crippen molar-refractivity contribution >= 4 is 27.3 Å². The van der Waals surface area contributed by atoms with Crippen LogP contribution in [-0.2, 0) is 7.05 Å². The largest absolute Gasteiger partial charge is 0.426 e. The number of nitrogens with zero attached hydrogens (tertiary/aromatic N) is 4. The molecule has 0 saturated heterocycles. The van der Waals surface area contributed by atoms with E-state index in [1.807, 2.05) is 20.9 Å². The van der Waals surface area contributed by atoms with Crippen molar-refractivity contribution in [3.05, 3.63) is 15.3 Å². The summed E-state index contributed by atoms with van der Waals surface area (Å²) in [5, 5.41) is 12.4. The summed E-state index contributed by atoms with van der Waals surface area (Å²) in [5.41, 5.74) is 1.82. The SMILES string of the molecule is Cc1nn(C)c(C)c1Oc1nnc(Br)s1. The number of rotatable bonds is 2. The lowest BCUT2D eigenvalue weighted by Crippen LogP contribution is -1.93. The molecule has 80 valence electrons. The minimum absolute atomic E-state index is 0.515. The molecule has 2 heterocycles. The molecule has 2 aromatic heterocycles. The molecule has 0 atom stereocenters. The number of aryl methyl sites for hydroxylation is 2. The van der Waals surface area contributed by atoms with Gasteiger partial charge in [0, 0.05) is 7.05 Å². The monoisotopic (exact) mass is 288 g/mol. The second-order valence-corrected chi connectivity index (χ2v) is 5.26. The molecular weight excluding hydrogens is 280 g/mol. The fourth-order valence-electron chi connectivity index (χ4n) is 1.22. The molecule has 2 rings (SSSR count). The Morgan fingerprint density at radius 2 is 2.07 bits per heavy atom. The summed E-state index contributed by atoms with van der Waals surface area (Å²) in [6.45, 7) is 3.85. The van der Waals surface area contributed by atoms with Gasteiger partial charge in [-0.25, -0.2) is 0 Å². The van der Waals surface area contributed by atoms with Crippen LogP contribution >= 0.6 is 27.3 Å². The van der Waals surface area contributed by atoms with Crippen LogP contribution in [0.15, 0.2) is 3.92 Å². The van der Waals surface area contributed by atoms with Gasteiger partial charge in [0.2, 0.25) is 0 Å². The molecule has 0 N–H and O–H groups in total. The topological polar surface area (TPSA) is 52.8 Å². The Kier molecular flexibility index (Phi) is 2.74. The van der Waals surface area contributed by atoms with E-state index >= 15 is 0 Å². The highest BCUT2D eigenvalue weighted by atomic mass is 79.9. The van der Waals surface area contributed by atoms with E-state index in [2.05, 4.69) is 31.2 Å². The van der Waals surface area contributed by atoms with Crippen LogP contribution in [0, 0.1) is 13.8 Å². The van der Waals surface area contributed by atoms with Gasteiger partial charge in [0.15, 0.2) is 9.67 Å². The zero-order valence-corrected chi connectivity index (χ0v) is 10.9. The lowest BCUT2D eigenvalue weighted by molar-refractivity contribution is 0.465. The summed E-state index contributed by atoms with van der Waals surface area (Å²) in [4.78, 5) is 0. The molecule has 0 aliphatic carbocycles. The van der Waals surface area contributed by atoms with Crippen LogP contribution in [0.1, 0.15) is 11.4 Å². The first kappa shape index (κ1) is 10.6. The first-order valence-electron chi connectivity index (χ1n) is 4.25. The van der Waals surface area contributed by atoms with E-state index in [9.17, 15) is 0 Å². The van der Waals surface area contributed by atoms with Gasteiger partial charge >= 0.3 is 0 Å². The fourth-order valence-corrected chi connectivity index (χ4v) is 2.15. The maximum absolute atomic E-state index is 5.61. The van der Waals surface area contributed by atoms with Crippen LogP contribution in [0.3, 0.4) is 0 Å². The van der Waals surface area contributed by atoms with Crippen LogP contribution in [0.5, 0.6) is 10.9 Å². The molecule has 7 heteroatoms. The van der Waals surface area contributed by atoms with Crippen molar-refractivity contribution in [3.63, 3.8) is 0 Å². The van der Waals surface area contributed by atoms with Crippen molar-refractivity contribution in [3.8, 4) is 10.9 Å². The summed E-state index contributed by atoms with van der Waals surface area (Å²) in [6.07, 6.45) is 0. The average Bonchev–Trinajstić information content (AvgIpc) is 2.67. The maximum Gasteiger partial charge on any atom is 0.300 e. The molecule has 0 spiro atoms. The van der Waals surface area contributed by atoms with Crippen LogP contribution in [0.4, 0.5) is 0 Å². The second kappa shape index (κ2) is 3.90. The molecule has 0 unspecified atom stereocenters. The van der Waals surface area contributed by atoms with Crippen molar-refractivity contribution in [2.75, 3.05) is 0 Å². The van der Waals surface area contributed by atoms with Gasteiger partial charge in [-0.3, -0.25) is 4.68 Å². The third-order valence-corrected chi connectivity index (χ3v) is 3.25. The third kappa shape index (κ3) is 2.03. The zero-order chi connectivity index (χ0) is 11.0. The molecule has 0 aromatic carbocycles. The first-order valence-corrected chi connectivity index (χ1v) is 5.86. The Labute approximate surface area is 99.2 Å². The molecule has 5 nitrogen and oxygen atoms in total. The van der Waals surface area contributed by atoms with E-state index < -0.39 is 0 Å². The minimum Gasteiger partial charge on any atom is -0.426 e. The Balaban J connectivity index is 2.31. The van der Waals surface area contributed by atoms with Crippen molar-refractivity contribution in [1.82, 2.24) is 20.0 Å². The Morgan fingerprint density at radius 3 is 2.53 bits per heavy atom. The predicted octanol–water partition coefficient (Wildman–Crippen LogP) is 2.44. The lowest BCUT2D eigenvalue weighted by Gasteiger charge is -2.00. The molecule has 0 saturated carbocycles. The van der Waals surface area contributed by atoms with E-state index in [1.165, 1.54) is 11.3 Å². The number of ether oxygens (including phenoxy) is 1. The number of hydrogen-bond donors (Lipinski definition) is 0. The van der Waals surface area contributed by atoms with Crippen LogP contribution in [-0.4, -0.2) is 20.0 Å². The number of aromatic nitrogens is 4. The van der Waals surface area contributed by atoms with Gasteiger partial charge in [0.25, 0.3) is 5.19 Å². The molecule has 0 aliphatic rings. The summed E-state index contributed by atoms with van der Waals surface area (Å²) in [6, 6.07) is 0. The van der Waals surface area contributed by atoms with E-state index in [4.69, 9.17) is 4.74 Å². The van der Waals surface area contributed by atoms with E-state index in [0.29, 0.717) is 9.11 Å². The van der Waals surface area contributed by atoms with E-state index in [0.717, 1.165) is 17.1 Å². The standard InChI is InChI=1S/C8H9BrN4OS/c1-4-6(5(2)13(3)12-4)14-8-11-10-7(9)15-8/h1-3H3. The minimum atomic E-state index is 0.515. The summed E-state index contributed by atoms with van der Waals surface area (Å²) in [7, 11) is 1.88. The highest BCUT2D eigenvalue weighted by Crippen LogP contribution is 2.31. The highest BCUT2D eigenvalue weighted by molar-refractivity contribution is 9.11. The molecule has 0 bridgehead atoms. The van der Waals surface area contributed by atoms with Gasteiger partial charge in [-0.05, 0) is 41.1 Å². The molecular formula is C8H9BrN4OS. The third-order valence-electron chi connectivity index (χ3n) is 2.01. The average molecular weight is 289 g/mol. The van der Waals surface area contributed by atoms with Gasteiger partial charge in [-0.2, -0.15) is 5.10 Å². The zero-order valence-electron chi connectivity index (χ0n) is 8.48. The Hall–Kier alpha value is -0.950. The van der Waals surface area contributed by atoms with Gasteiger partial charge in [0.1, 0.15) is 5.69 Å². The van der Waals surface area contributed by atoms with Crippen molar-refractivity contribution in [2.24, 2.45) is 7.05 Å². The normalized spacial score (nSPS) is 10.7. The fraction of sp³-hybridized carbons (Fsp3) is 0.375. The second-order valence-electron chi connectivity index (χ2n) is 3.05. The smallest absolute Gasteiger partial charge is 0.300 e. The molecule has 15 heavy (non-hydrogen) atoms. The van der Waals surface area contributed by atoms with Crippen LogP contribution in [0.25, 0.3) is 0 Å².